The Morgan fingerprint density at radius 1 is 1.41 bits per heavy atom. The van der Waals surface area contributed by atoms with Crippen molar-refractivity contribution in [2.24, 2.45) is 0 Å². The summed E-state index contributed by atoms with van der Waals surface area (Å²) in [5.41, 5.74) is 1.33. The predicted molar refractivity (Wildman–Crippen MR) is 66.2 cm³/mol. The van der Waals surface area contributed by atoms with Crippen molar-refractivity contribution in [3.63, 3.8) is 0 Å². The molecule has 0 fully saturated rings. The lowest BCUT2D eigenvalue weighted by molar-refractivity contribution is 0.148. The number of aliphatic hydroxyl groups excluding tert-OH is 1. The van der Waals surface area contributed by atoms with Crippen LogP contribution in [-0.2, 0) is 6.42 Å². The molecule has 2 rings (SSSR count). The molecule has 1 N–H and O–H groups in total. The summed E-state index contributed by atoms with van der Waals surface area (Å²) in [6, 6.07) is 6.44. The highest BCUT2D eigenvalue weighted by molar-refractivity contribution is 9.10. The number of hydrogen-bond acceptors (Lipinski definition) is 2. The van der Waals surface area contributed by atoms with E-state index in [2.05, 4.69) is 15.9 Å². The summed E-state index contributed by atoms with van der Waals surface area (Å²) in [4.78, 5) is 0. The molecule has 1 unspecified atom stereocenters. The Morgan fingerprint density at radius 3 is 2.82 bits per heavy atom. The van der Waals surface area contributed by atoms with Gasteiger partial charge in [-0.2, -0.15) is 0 Å². The van der Waals surface area contributed by atoms with Gasteiger partial charge in [0.05, 0.1) is 6.26 Å². The van der Waals surface area contributed by atoms with Crippen molar-refractivity contribution in [3.05, 3.63) is 57.7 Å². The molecule has 0 amide bonds. The van der Waals surface area contributed by atoms with Gasteiger partial charge >= 0.3 is 0 Å². The topological polar surface area (TPSA) is 33.4 Å². The molecule has 0 aliphatic heterocycles. The first-order chi connectivity index (χ1) is 8.08. The van der Waals surface area contributed by atoms with Gasteiger partial charge < -0.3 is 9.52 Å². The van der Waals surface area contributed by atoms with E-state index < -0.39 is 6.10 Å². The number of halogens is 2. The highest BCUT2D eigenvalue weighted by Gasteiger charge is 2.16. The summed E-state index contributed by atoms with van der Waals surface area (Å²) in [7, 11) is 0. The van der Waals surface area contributed by atoms with Gasteiger partial charge in [0.2, 0.25) is 0 Å². The van der Waals surface area contributed by atoms with Crippen LogP contribution in [0.4, 0.5) is 4.39 Å². The van der Waals surface area contributed by atoms with Gasteiger partial charge in [0.25, 0.3) is 0 Å². The summed E-state index contributed by atoms with van der Waals surface area (Å²) in [6.07, 6.45) is 0.888. The molecule has 0 aliphatic rings. The molecule has 2 aromatic rings. The number of aryl methyl sites for hydroxylation is 1. The van der Waals surface area contributed by atoms with Crippen molar-refractivity contribution in [3.8, 4) is 0 Å². The van der Waals surface area contributed by atoms with Crippen LogP contribution in [0.3, 0.4) is 0 Å². The fourth-order valence-electron chi connectivity index (χ4n) is 1.73. The van der Waals surface area contributed by atoms with E-state index in [0.717, 1.165) is 10.0 Å². The zero-order valence-electron chi connectivity index (χ0n) is 9.28. The largest absolute Gasteiger partial charge is 0.466 e. The third-order valence-electron chi connectivity index (χ3n) is 2.63. The number of benzene rings is 1. The molecule has 1 heterocycles. The van der Waals surface area contributed by atoms with E-state index in [1.54, 1.807) is 18.2 Å². The third-order valence-corrected chi connectivity index (χ3v) is 3.12. The Labute approximate surface area is 107 Å². The van der Waals surface area contributed by atoms with Crippen molar-refractivity contribution in [2.45, 2.75) is 19.4 Å². The molecule has 17 heavy (non-hydrogen) atoms. The van der Waals surface area contributed by atoms with Gasteiger partial charge in [-0.1, -0.05) is 15.9 Å². The maximum atomic E-state index is 13.5. The SMILES string of the molecule is Cc1ccoc1C(O)Cc1cc(Br)ccc1F. The number of aliphatic hydroxyl groups is 1. The molecule has 4 heteroatoms. The van der Waals surface area contributed by atoms with Gasteiger partial charge in [-0.3, -0.25) is 0 Å². The molecule has 90 valence electrons. The second-order valence-corrected chi connectivity index (χ2v) is 4.84. The first kappa shape index (κ1) is 12.3. The fourth-order valence-corrected chi connectivity index (χ4v) is 2.14. The molecule has 1 aromatic heterocycles. The van der Waals surface area contributed by atoms with Crippen molar-refractivity contribution in [1.29, 1.82) is 0 Å². The monoisotopic (exact) mass is 298 g/mol. The number of furan rings is 1. The van der Waals surface area contributed by atoms with Crippen molar-refractivity contribution < 1.29 is 13.9 Å². The van der Waals surface area contributed by atoms with Crippen LogP contribution in [0, 0.1) is 12.7 Å². The average Bonchev–Trinajstić information content (AvgIpc) is 2.70. The van der Waals surface area contributed by atoms with Crippen LogP contribution in [0.2, 0.25) is 0 Å². The molecular formula is C13H12BrFO2. The summed E-state index contributed by atoms with van der Waals surface area (Å²) in [6.45, 7) is 1.85. The predicted octanol–water partition coefficient (Wildman–Crippen LogP) is 3.77. The van der Waals surface area contributed by atoms with E-state index in [0.29, 0.717) is 11.3 Å². The molecule has 0 saturated carbocycles. The van der Waals surface area contributed by atoms with Crippen molar-refractivity contribution in [1.82, 2.24) is 0 Å². The second kappa shape index (κ2) is 5.02. The lowest BCUT2D eigenvalue weighted by Crippen LogP contribution is -2.03. The van der Waals surface area contributed by atoms with Gasteiger partial charge in [-0.15, -0.1) is 0 Å². The smallest absolute Gasteiger partial charge is 0.135 e. The third kappa shape index (κ3) is 2.76. The van der Waals surface area contributed by atoms with Crippen LogP contribution in [0.15, 0.2) is 39.4 Å². The minimum Gasteiger partial charge on any atom is -0.466 e. The normalized spacial score (nSPS) is 12.7. The summed E-state index contributed by atoms with van der Waals surface area (Å²) in [5.74, 6) is 0.167. The van der Waals surface area contributed by atoms with Gasteiger partial charge in [0, 0.05) is 10.9 Å². The Balaban J connectivity index is 2.21. The summed E-state index contributed by atoms with van der Waals surface area (Å²) in [5, 5.41) is 9.98. The van der Waals surface area contributed by atoms with Gasteiger partial charge in [-0.05, 0) is 42.3 Å². The molecule has 1 aromatic carbocycles. The van der Waals surface area contributed by atoms with Crippen LogP contribution in [0.25, 0.3) is 0 Å². The van der Waals surface area contributed by atoms with Crippen molar-refractivity contribution >= 4 is 15.9 Å². The minimum atomic E-state index is -0.825. The van der Waals surface area contributed by atoms with E-state index in [1.165, 1.54) is 12.3 Å². The fraction of sp³-hybridized carbons (Fsp3) is 0.231. The number of rotatable bonds is 3. The molecule has 0 saturated heterocycles. The van der Waals surface area contributed by atoms with Crippen molar-refractivity contribution in [2.75, 3.05) is 0 Å². The highest BCUT2D eigenvalue weighted by Crippen LogP contribution is 2.25. The molecule has 0 radical (unpaired) electrons. The van der Waals surface area contributed by atoms with Gasteiger partial charge in [-0.25, -0.2) is 4.39 Å². The van der Waals surface area contributed by atoms with E-state index in [9.17, 15) is 9.50 Å². The van der Waals surface area contributed by atoms with E-state index in [-0.39, 0.29) is 12.2 Å². The molecule has 1 atom stereocenters. The van der Waals surface area contributed by atoms with Gasteiger partial charge in [0.1, 0.15) is 17.7 Å². The van der Waals surface area contributed by atoms with Gasteiger partial charge in [0.15, 0.2) is 0 Å². The highest BCUT2D eigenvalue weighted by atomic mass is 79.9. The van der Waals surface area contributed by atoms with E-state index in [1.807, 2.05) is 6.92 Å². The lowest BCUT2D eigenvalue weighted by Gasteiger charge is -2.10. The summed E-state index contributed by atoms with van der Waals surface area (Å²) >= 11 is 3.28. The minimum absolute atomic E-state index is 0.194. The maximum absolute atomic E-state index is 13.5. The number of hydrogen-bond donors (Lipinski definition) is 1. The van der Waals surface area contributed by atoms with Crippen LogP contribution in [-0.4, -0.2) is 5.11 Å². The maximum Gasteiger partial charge on any atom is 0.135 e. The quantitative estimate of drug-likeness (QED) is 0.936. The first-order valence-corrected chi connectivity index (χ1v) is 6.03. The Kier molecular flexibility index (Phi) is 3.64. The molecule has 0 bridgehead atoms. The van der Waals surface area contributed by atoms with Crippen LogP contribution in [0.5, 0.6) is 0 Å². The first-order valence-electron chi connectivity index (χ1n) is 5.24. The average molecular weight is 299 g/mol. The second-order valence-electron chi connectivity index (χ2n) is 3.92. The van der Waals surface area contributed by atoms with Crippen LogP contribution in [0.1, 0.15) is 23.0 Å². The Bertz CT molecular complexity index is 522. The Hall–Kier alpha value is -1.13. The van der Waals surface area contributed by atoms with E-state index in [4.69, 9.17) is 4.42 Å². The lowest BCUT2D eigenvalue weighted by atomic mass is 10.0. The van der Waals surface area contributed by atoms with Crippen LogP contribution < -0.4 is 0 Å². The standard InChI is InChI=1S/C13H12BrFO2/c1-8-4-5-17-13(8)12(16)7-9-6-10(14)2-3-11(9)15/h2-6,12,16H,7H2,1H3. The van der Waals surface area contributed by atoms with E-state index >= 15 is 0 Å². The zero-order valence-corrected chi connectivity index (χ0v) is 10.9. The molecule has 2 nitrogen and oxygen atoms in total. The zero-order chi connectivity index (χ0) is 12.4. The molecule has 0 aliphatic carbocycles. The molecular weight excluding hydrogens is 287 g/mol. The Morgan fingerprint density at radius 2 is 2.18 bits per heavy atom. The molecule has 0 spiro atoms. The summed E-state index contributed by atoms with van der Waals surface area (Å²) < 4.78 is 19.5. The van der Waals surface area contributed by atoms with Crippen LogP contribution >= 0.6 is 15.9 Å².